The molecule has 0 saturated heterocycles. The third kappa shape index (κ3) is 2.51. The van der Waals surface area contributed by atoms with Crippen molar-refractivity contribution in [3.05, 3.63) is 55.4 Å². The second kappa shape index (κ2) is 5.51. The van der Waals surface area contributed by atoms with E-state index in [4.69, 9.17) is 0 Å². The van der Waals surface area contributed by atoms with E-state index in [-0.39, 0.29) is 11.9 Å². The molecule has 1 nitrogen and oxygen atoms in total. The molecule has 4 heteroatoms. The molecule has 0 fully saturated rings. The third-order valence-electron chi connectivity index (χ3n) is 3.04. The molecule has 0 radical (unpaired) electrons. The number of halogens is 2. The minimum atomic E-state index is -0.172. The van der Waals surface area contributed by atoms with Gasteiger partial charge in [-0.15, -0.1) is 11.3 Å². The van der Waals surface area contributed by atoms with E-state index in [1.54, 1.807) is 23.5 Å². The van der Waals surface area contributed by atoms with Gasteiger partial charge < -0.3 is 5.32 Å². The lowest BCUT2D eigenvalue weighted by molar-refractivity contribution is 0.619. The van der Waals surface area contributed by atoms with Crippen LogP contribution in [-0.4, -0.2) is 7.05 Å². The van der Waals surface area contributed by atoms with Crippen molar-refractivity contribution in [1.82, 2.24) is 5.32 Å². The predicted molar refractivity (Wildman–Crippen MR) is 78.8 cm³/mol. The molecular formula is C14H15BrFNS. The zero-order chi connectivity index (χ0) is 13.3. The fourth-order valence-electron chi connectivity index (χ4n) is 2.30. The normalized spacial score (nSPS) is 12.7. The first-order chi connectivity index (χ1) is 8.54. The predicted octanol–water partition coefficient (Wildman–Crippen LogP) is 4.58. The summed E-state index contributed by atoms with van der Waals surface area (Å²) in [6.45, 7) is 3.91. The Morgan fingerprint density at radius 1 is 1.28 bits per heavy atom. The minimum absolute atomic E-state index is 0.0972. The maximum absolute atomic E-state index is 13.4. The van der Waals surface area contributed by atoms with Crippen LogP contribution in [0.4, 0.5) is 4.39 Å². The number of benzene rings is 1. The molecule has 0 amide bonds. The van der Waals surface area contributed by atoms with E-state index in [0.717, 1.165) is 21.2 Å². The summed E-state index contributed by atoms with van der Waals surface area (Å²) < 4.78 is 14.5. The summed E-state index contributed by atoms with van der Waals surface area (Å²) in [5, 5.41) is 5.37. The Hall–Kier alpha value is -0.710. The standard InChI is InChI=1S/C14H15BrFNS/c1-8-6-10(16)7-9(2)12(8)13(17-3)14-11(15)4-5-18-14/h4-7,13,17H,1-3H3. The van der Waals surface area contributed by atoms with Crippen LogP contribution in [0.1, 0.15) is 27.6 Å². The Morgan fingerprint density at radius 3 is 2.33 bits per heavy atom. The first-order valence-electron chi connectivity index (χ1n) is 5.71. The van der Waals surface area contributed by atoms with E-state index in [2.05, 4.69) is 26.6 Å². The number of nitrogens with one attached hydrogen (secondary N) is 1. The molecule has 1 heterocycles. The zero-order valence-electron chi connectivity index (χ0n) is 10.6. The van der Waals surface area contributed by atoms with Crippen molar-refractivity contribution in [2.75, 3.05) is 7.05 Å². The maximum Gasteiger partial charge on any atom is 0.123 e. The second-order valence-electron chi connectivity index (χ2n) is 4.31. The van der Waals surface area contributed by atoms with Crippen LogP contribution < -0.4 is 5.32 Å². The summed E-state index contributed by atoms with van der Waals surface area (Å²) in [5.41, 5.74) is 3.11. The fraction of sp³-hybridized carbons (Fsp3) is 0.286. The zero-order valence-corrected chi connectivity index (χ0v) is 13.0. The van der Waals surface area contributed by atoms with Crippen LogP contribution in [0.15, 0.2) is 28.1 Å². The molecule has 18 heavy (non-hydrogen) atoms. The highest BCUT2D eigenvalue weighted by Crippen LogP contribution is 2.35. The molecule has 0 aliphatic carbocycles. The highest BCUT2D eigenvalue weighted by atomic mass is 79.9. The number of thiophene rings is 1. The second-order valence-corrected chi connectivity index (χ2v) is 6.11. The van der Waals surface area contributed by atoms with E-state index in [9.17, 15) is 4.39 Å². The number of aryl methyl sites for hydroxylation is 2. The van der Waals surface area contributed by atoms with Crippen molar-refractivity contribution in [3.63, 3.8) is 0 Å². The molecule has 0 aliphatic rings. The molecule has 1 aromatic carbocycles. The van der Waals surface area contributed by atoms with Gasteiger partial charge >= 0.3 is 0 Å². The van der Waals surface area contributed by atoms with E-state index < -0.39 is 0 Å². The largest absolute Gasteiger partial charge is 0.309 e. The summed E-state index contributed by atoms with van der Waals surface area (Å²) in [6.07, 6.45) is 0. The monoisotopic (exact) mass is 327 g/mol. The van der Waals surface area contributed by atoms with E-state index in [1.165, 1.54) is 4.88 Å². The molecule has 1 atom stereocenters. The quantitative estimate of drug-likeness (QED) is 0.870. The lowest BCUT2D eigenvalue weighted by Gasteiger charge is -2.21. The summed E-state index contributed by atoms with van der Waals surface area (Å²) in [4.78, 5) is 1.22. The Labute approximate surface area is 119 Å². The number of hydrogen-bond donors (Lipinski definition) is 1. The first-order valence-corrected chi connectivity index (χ1v) is 7.38. The highest BCUT2D eigenvalue weighted by molar-refractivity contribution is 9.10. The van der Waals surface area contributed by atoms with Crippen molar-refractivity contribution in [2.45, 2.75) is 19.9 Å². The van der Waals surface area contributed by atoms with Crippen molar-refractivity contribution in [2.24, 2.45) is 0 Å². The molecule has 1 aromatic heterocycles. The Balaban J connectivity index is 2.56. The molecule has 0 bridgehead atoms. The van der Waals surface area contributed by atoms with Crippen LogP contribution in [0.2, 0.25) is 0 Å². The van der Waals surface area contributed by atoms with Gasteiger partial charge in [-0.3, -0.25) is 0 Å². The Kier molecular flexibility index (Phi) is 4.20. The molecular weight excluding hydrogens is 313 g/mol. The first kappa shape index (κ1) is 13.7. The Morgan fingerprint density at radius 2 is 1.89 bits per heavy atom. The topological polar surface area (TPSA) is 12.0 Å². The van der Waals surface area contributed by atoms with Gasteiger partial charge in [0.25, 0.3) is 0 Å². The molecule has 2 rings (SSSR count). The maximum atomic E-state index is 13.4. The summed E-state index contributed by atoms with van der Waals surface area (Å²) in [6, 6.07) is 5.32. The van der Waals surface area contributed by atoms with Crippen molar-refractivity contribution in [1.29, 1.82) is 0 Å². The van der Waals surface area contributed by atoms with Gasteiger partial charge in [-0.1, -0.05) is 0 Å². The smallest absolute Gasteiger partial charge is 0.123 e. The summed E-state index contributed by atoms with van der Waals surface area (Å²) >= 11 is 5.26. The van der Waals surface area contributed by atoms with Gasteiger partial charge in [0, 0.05) is 9.35 Å². The highest BCUT2D eigenvalue weighted by Gasteiger charge is 2.20. The SMILES string of the molecule is CNC(c1sccc1Br)c1c(C)cc(F)cc1C. The lowest BCUT2D eigenvalue weighted by Crippen LogP contribution is -2.19. The fourth-order valence-corrected chi connectivity index (χ4v) is 4.01. The van der Waals surface area contributed by atoms with Gasteiger partial charge in [-0.25, -0.2) is 4.39 Å². The Bertz CT molecular complexity index is 542. The molecule has 96 valence electrons. The third-order valence-corrected chi connectivity index (χ3v) is 4.98. The van der Waals surface area contributed by atoms with E-state index in [1.807, 2.05) is 27.0 Å². The van der Waals surface area contributed by atoms with Gasteiger partial charge in [0.15, 0.2) is 0 Å². The van der Waals surface area contributed by atoms with Crippen LogP contribution in [0.25, 0.3) is 0 Å². The van der Waals surface area contributed by atoms with Crippen LogP contribution in [0, 0.1) is 19.7 Å². The van der Waals surface area contributed by atoms with Crippen LogP contribution in [0.3, 0.4) is 0 Å². The van der Waals surface area contributed by atoms with E-state index in [0.29, 0.717) is 0 Å². The molecule has 0 aliphatic heterocycles. The van der Waals surface area contributed by atoms with Gasteiger partial charge in [0.1, 0.15) is 5.82 Å². The molecule has 1 N–H and O–H groups in total. The van der Waals surface area contributed by atoms with Gasteiger partial charge in [0.2, 0.25) is 0 Å². The molecule has 2 aromatic rings. The van der Waals surface area contributed by atoms with Crippen LogP contribution >= 0.6 is 27.3 Å². The molecule has 1 unspecified atom stereocenters. The van der Waals surface area contributed by atoms with Crippen molar-refractivity contribution < 1.29 is 4.39 Å². The van der Waals surface area contributed by atoms with Gasteiger partial charge in [-0.05, 0) is 77.1 Å². The number of hydrogen-bond acceptors (Lipinski definition) is 2. The molecule has 0 spiro atoms. The van der Waals surface area contributed by atoms with E-state index >= 15 is 0 Å². The minimum Gasteiger partial charge on any atom is -0.309 e. The van der Waals surface area contributed by atoms with Crippen molar-refractivity contribution >= 4 is 27.3 Å². The van der Waals surface area contributed by atoms with Crippen molar-refractivity contribution in [3.8, 4) is 0 Å². The summed E-state index contributed by atoms with van der Waals surface area (Å²) in [5.74, 6) is -0.172. The summed E-state index contributed by atoms with van der Waals surface area (Å²) in [7, 11) is 1.93. The van der Waals surface area contributed by atoms with Gasteiger partial charge in [0.05, 0.1) is 6.04 Å². The van der Waals surface area contributed by atoms with Crippen LogP contribution in [0.5, 0.6) is 0 Å². The lowest BCUT2D eigenvalue weighted by atomic mass is 9.95. The average molecular weight is 328 g/mol. The molecule has 0 saturated carbocycles. The average Bonchev–Trinajstić information content (AvgIpc) is 2.69. The van der Waals surface area contributed by atoms with Gasteiger partial charge in [-0.2, -0.15) is 0 Å². The van der Waals surface area contributed by atoms with Crippen LogP contribution in [-0.2, 0) is 0 Å². The number of rotatable bonds is 3.